The molecule has 3 heterocycles. The zero-order chi connectivity index (χ0) is 18.1. The van der Waals surface area contributed by atoms with Gasteiger partial charge in [0.25, 0.3) is 5.91 Å². The number of carbonyl (C=O) groups is 1. The van der Waals surface area contributed by atoms with Crippen molar-refractivity contribution in [2.45, 2.75) is 19.5 Å². The van der Waals surface area contributed by atoms with Gasteiger partial charge in [-0.15, -0.1) is 22.6 Å². The Balaban J connectivity index is 0.00000210. The summed E-state index contributed by atoms with van der Waals surface area (Å²) >= 11 is 0. The van der Waals surface area contributed by atoms with Crippen molar-refractivity contribution in [2.75, 3.05) is 11.9 Å². The summed E-state index contributed by atoms with van der Waals surface area (Å²) in [6.45, 7) is 2.40. The van der Waals surface area contributed by atoms with Gasteiger partial charge in [0.15, 0.2) is 5.82 Å². The number of nitrogens with one attached hydrogen (secondary N) is 2. The Morgan fingerprint density at radius 1 is 1.30 bits per heavy atom. The lowest BCUT2D eigenvalue weighted by Crippen LogP contribution is -2.13. The van der Waals surface area contributed by atoms with Crippen LogP contribution >= 0.6 is 12.4 Å². The highest BCUT2D eigenvalue weighted by molar-refractivity contribution is 6.04. The van der Waals surface area contributed by atoms with E-state index < -0.39 is 0 Å². The smallest absolute Gasteiger partial charge is 0.254 e. The first kappa shape index (κ1) is 18.8. The van der Waals surface area contributed by atoms with E-state index in [-0.39, 0.29) is 31.0 Å². The molecule has 4 rings (SSSR count). The highest BCUT2D eigenvalue weighted by Crippen LogP contribution is 2.27. The Bertz CT molecular complexity index is 974. The van der Waals surface area contributed by atoms with Crippen molar-refractivity contribution in [1.29, 1.82) is 0 Å². The van der Waals surface area contributed by atoms with Gasteiger partial charge >= 0.3 is 0 Å². The van der Waals surface area contributed by atoms with Gasteiger partial charge in [0.1, 0.15) is 17.8 Å². The lowest BCUT2D eigenvalue weighted by molar-refractivity contribution is 0.0966. The SMILES string of the molecule is C[C@H](CO)n1cnnc1-c1cccc(Nc2cccc3c2C(=O)NC3)n1.Cl. The Hall–Kier alpha value is -2.97. The average Bonchev–Trinajstić information content (AvgIpc) is 3.29. The molecule has 3 aromatic rings. The van der Waals surface area contributed by atoms with Crippen LogP contribution < -0.4 is 10.6 Å². The molecule has 1 aliphatic rings. The summed E-state index contributed by atoms with van der Waals surface area (Å²) in [6.07, 6.45) is 1.58. The van der Waals surface area contributed by atoms with Crippen LogP contribution in [0.2, 0.25) is 0 Å². The molecule has 0 saturated carbocycles. The molecule has 0 radical (unpaired) electrons. The predicted octanol–water partition coefficient (Wildman–Crippen LogP) is 2.30. The first-order valence-corrected chi connectivity index (χ1v) is 8.32. The van der Waals surface area contributed by atoms with Crippen molar-refractivity contribution in [3.8, 4) is 11.5 Å². The molecular weight excluding hydrogens is 368 g/mol. The largest absolute Gasteiger partial charge is 0.394 e. The summed E-state index contributed by atoms with van der Waals surface area (Å²) in [7, 11) is 0. The molecule has 27 heavy (non-hydrogen) atoms. The van der Waals surface area contributed by atoms with Crippen LogP contribution in [0.1, 0.15) is 28.9 Å². The minimum Gasteiger partial charge on any atom is -0.394 e. The average molecular weight is 387 g/mol. The Kier molecular flexibility index (Phi) is 5.38. The maximum Gasteiger partial charge on any atom is 0.254 e. The van der Waals surface area contributed by atoms with E-state index in [1.165, 1.54) is 0 Å². The molecule has 9 heteroatoms. The second-order valence-corrected chi connectivity index (χ2v) is 6.15. The first-order chi connectivity index (χ1) is 12.7. The number of rotatable bonds is 5. The highest BCUT2D eigenvalue weighted by Gasteiger charge is 2.22. The standard InChI is InChI=1S/C18H18N6O2.ClH/c1-11(9-25)24-10-20-23-17(24)14-6-3-7-15(22-14)21-13-5-2-4-12-8-19-18(26)16(12)13;/h2-7,10-11,25H,8-9H2,1H3,(H,19,26)(H,21,22);1H/t11-;/m1./s1. The zero-order valence-electron chi connectivity index (χ0n) is 14.6. The molecule has 140 valence electrons. The molecular formula is C18H19ClN6O2. The number of aliphatic hydroxyl groups excluding tert-OH is 1. The number of halogens is 1. The number of pyridine rings is 1. The third kappa shape index (κ3) is 3.49. The molecule has 0 spiro atoms. The number of anilines is 2. The van der Waals surface area contributed by atoms with Crippen LogP contribution in [0.25, 0.3) is 11.5 Å². The van der Waals surface area contributed by atoms with Crippen molar-refractivity contribution in [1.82, 2.24) is 25.1 Å². The van der Waals surface area contributed by atoms with Gasteiger partial charge in [-0.25, -0.2) is 4.98 Å². The molecule has 0 aliphatic carbocycles. The van der Waals surface area contributed by atoms with Crippen molar-refractivity contribution >= 4 is 29.8 Å². The number of nitrogens with zero attached hydrogens (tertiary/aromatic N) is 4. The molecule has 0 bridgehead atoms. The van der Waals surface area contributed by atoms with Gasteiger partial charge in [0.2, 0.25) is 0 Å². The predicted molar refractivity (Wildman–Crippen MR) is 103 cm³/mol. The van der Waals surface area contributed by atoms with E-state index in [9.17, 15) is 9.90 Å². The number of amides is 1. The molecule has 8 nitrogen and oxygen atoms in total. The van der Waals surface area contributed by atoms with Crippen LogP contribution in [0.15, 0.2) is 42.7 Å². The summed E-state index contributed by atoms with van der Waals surface area (Å²) in [4.78, 5) is 16.7. The van der Waals surface area contributed by atoms with Gasteiger partial charge in [-0.05, 0) is 30.7 Å². The van der Waals surface area contributed by atoms with Crippen LogP contribution in [-0.2, 0) is 6.54 Å². The van der Waals surface area contributed by atoms with Crippen molar-refractivity contribution in [2.24, 2.45) is 0 Å². The molecule has 1 aromatic carbocycles. The number of hydrogen-bond donors (Lipinski definition) is 3. The van der Waals surface area contributed by atoms with E-state index >= 15 is 0 Å². The fourth-order valence-electron chi connectivity index (χ4n) is 2.99. The fraction of sp³-hybridized carbons (Fsp3) is 0.222. The fourth-order valence-corrected chi connectivity index (χ4v) is 2.99. The summed E-state index contributed by atoms with van der Waals surface area (Å²) < 4.78 is 1.78. The van der Waals surface area contributed by atoms with Crippen LogP contribution in [0, 0.1) is 0 Å². The van der Waals surface area contributed by atoms with Crippen LogP contribution in [0.5, 0.6) is 0 Å². The van der Waals surface area contributed by atoms with Crippen molar-refractivity contribution in [3.63, 3.8) is 0 Å². The van der Waals surface area contributed by atoms with Crippen molar-refractivity contribution in [3.05, 3.63) is 53.9 Å². The topological polar surface area (TPSA) is 105 Å². The number of aromatic nitrogens is 4. The van der Waals surface area contributed by atoms with Gasteiger partial charge in [0.05, 0.1) is 23.9 Å². The zero-order valence-corrected chi connectivity index (χ0v) is 15.4. The molecule has 2 aromatic heterocycles. The molecule has 3 N–H and O–H groups in total. The normalized spacial score (nSPS) is 13.5. The molecule has 0 saturated heterocycles. The summed E-state index contributed by atoms with van der Waals surface area (Å²) in [6, 6.07) is 11.1. The van der Waals surface area contributed by atoms with E-state index in [2.05, 4.69) is 25.8 Å². The number of carbonyl (C=O) groups excluding carboxylic acids is 1. The third-order valence-electron chi connectivity index (χ3n) is 4.37. The Morgan fingerprint density at radius 3 is 2.93 bits per heavy atom. The second kappa shape index (κ2) is 7.73. The number of benzene rings is 1. The van der Waals surface area contributed by atoms with E-state index in [0.717, 1.165) is 5.56 Å². The Morgan fingerprint density at radius 2 is 2.11 bits per heavy atom. The Labute approximate surface area is 162 Å². The molecule has 0 fully saturated rings. The van der Waals surface area contributed by atoms with E-state index in [4.69, 9.17) is 0 Å². The van der Waals surface area contributed by atoms with Crippen molar-refractivity contribution < 1.29 is 9.90 Å². The van der Waals surface area contributed by atoms with Crippen LogP contribution in [-0.4, -0.2) is 37.4 Å². The van der Waals surface area contributed by atoms with E-state index in [0.29, 0.717) is 35.1 Å². The summed E-state index contributed by atoms with van der Waals surface area (Å²) in [5.74, 6) is 1.09. The maximum atomic E-state index is 12.1. The molecule has 0 unspecified atom stereocenters. The monoisotopic (exact) mass is 386 g/mol. The number of aliphatic hydroxyl groups is 1. The quantitative estimate of drug-likeness (QED) is 0.621. The van der Waals surface area contributed by atoms with Gasteiger partial charge in [-0.1, -0.05) is 18.2 Å². The third-order valence-corrected chi connectivity index (χ3v) is 4.37. The van der Waals surface area contributed by atoms with E-state index in [1.807, 2.05) is 43.3 Å². The number of hydrogen-bond acceptors (Lipinski definition) is 6. The summed E-state index contributed by atoms with van der Waals surface area (Å²) in [5.41, 5.74) is 2.96. The van der Waals surface area contributed by atoms with Gasteiger partial charge in [0, 0.05) is 6.54 Å². The lowest BCUT2D eigenvalue weighted by Gasteiger charge is -2.13. The maximum absolute atomic E-state index is 12.1. The van der Waals surface area contributed by atoms with Gasteiger partial charge in [-0.3, -0.25) is 4.79 Å². The van der Waals surface area contributed by atoms with Gasteiger partial charge < -0.3 is 20.3 Å². The number of fused-ring (bicyclic) bond motifs is 1. The molecule has 1 aliphatic heterocycles. The molecule has 1 amide bonds. The minimum atomic E-state index is -0.153. The van der Waals surface area contributed by atoms with Crippen LogP contribution in [0.4, 0.5) is 11.5 Å². The van der Waals surface area contributed by atoms with E-state index in [1.54, 1.807) is 10.9 Å². The van der Waals surface area contributed by atoms with Crippen LogP contribution in [0.3, 0.4) is 0 Å². The summed E-state index contributed by atoms with van der Waals surface area (Å²) in [5, 5.41) is 23.5. The highest BCUT2D eigenvalue weighted by atomic mass is 35.5. The first-order valence-electron chi connectivity index (χ1n) is 8.32. The minimum absolute atomic E-state index is 0. The lowest BCUT2D eigenvalue weighted by atomic mass is 10.1. The van der Waals surface area contributed by atoms with Gasteiger partial charge in [-0.2, -0.15) is 0 Å². The molecule has 1 atom stereocenters. The second-order valence-electron chi connectivity index (χ2n) is 6.15.